The number of fused-ring (bicyclic) bond motifs is 2. The summed E-state index contributed by atoms with van der Waals surface area (Å²) in [4.78, 5) is 16.2. The molecule has 27 heavy (non-hydrogen) atoms. The number of hydrogen-bond acceptors (Lipinski definition) is 7. The predicted octanol–water partition coefficient (Wildman–Crippen LogP) is 2.70. The minimum Gasteiger partial charge on any atom is -0.595 e. The molecule has 8 nitrogen and oxygen atoms in total. The first kappa shape index (κ1) is 17.0. The molecule has 0 aliphatic carbocycles. The largest absolute Gasteiger partial charge is 0.595 e. The van der Waals surface area contributed by atoms with Gasteiger partial charge in [0.25, 0.3) is 0 Å². The second-order valence-electron chi connectivity index (χ2n) is 5.73. The Morgan fingerprint density at radius 3 is 2.56 bits per heavy atom. The van der Waals surface area contributed by atoms with Crippen LogP contribution < -0.4 is 15.6 Å². The molecule has 0 amide bonds. The molecule has 0 saturated carbocycles. The lowest BCUT2D eigenvalue weighted by molar-refractivity contribution is -0.991. The van der Waals surface area contributed by atoms with E-state index >= 15 is 0 Å². The van der Waals surface area contributed by atoms with E-state index in [-0.39, 0.29) is 11.3 Å². The molecule has 1 unspecified atom stereocenters. The molecule has 4 rings (SSSR count). The van der Waals surface area contributed by atoms with E-state index in [1.165, 1.54) is 31.6 Å². The second-order valence-corrected chi connectivity index (χ2v) is 5.73. The third kappa shape index (κ3) is 2.97. The number of nitrogens with zero attached hydrogens (tertiary/aromatic N) is 1. The highest BCUT2D eigenvalue weighted by molar-refractivity contribution is 6.12. The van der Waals surface area contributed by atoms with Crippen LogP contribution in [-0.4, -0.2) is 18.5 Å². The molecule has 0 saturated heterocycles. The molecule has 0 aliphatic heterocycles. The number of rotatable bonds is 4. The fourth-order valence-corrected chi connectivity index (χ4v) is 2.87. The monoisotopic (exact) mass is 366 g/mol. The van der Waals surface area contributed by atoms with Crippen LogP contribution in [0.4, 0.5) is 11.4 Å². The van der Waals surface area contributed by atoms with Crippen LogP contribution in [0.25, 0.3) is 21.9 Å². The van der Waals surface area contributed by atoms with E-state index in [4.69, 9.17) is 18.8 Å². The summed E-state index contributed by atoms with van der Waals surface area (Å²) < 4.78 is 16.2. The Labute approximate surface area is 152 Å². The zero-order valence-electron chi connectivity index (χ0n) is 14.1. The summed E-state index contributed by atoms with van der Waals surface area (Å²) in [6.07, 6.45) is 3.11. The number of ether oxygens (including phenoxy) is 1. The van der Waals surface area contributed by atoms with Crippen LogP contribution in [0, 0.1) is 5.21 Å². The standard InChI is InChI=1S/C19H14N2O6/c1-25-19-17-14(8-9-26-17)16(13-6-7-15(22)27-18(13)19)20-10-11-2-4-12(5-3-11)21(23)24/h2-10,21,23H,1H3. The number of furan rings is 1. The van der Waals surface area contributed by atoms with Crippen molar-refractivity contribution in [2.75, 3.05) is 7.11 Å². The Hall–Kier alpha value is -3.46. The van der Waals surface area contributed by atoms with Crippen LogP contribution in [0.5, 0.6) is 5.75 Å². The van der Waals surface area contributed by atoms with Crippen LogP contribution in [0.15, 0.2) is 67.3 Å². The van der Waals surface area contributed by atoms with Crippen molar-refractivity contribution in [1.29, 1.82) is 0 Å². The van der Waals surface area contributed by atoms with Crippen molar-refractivity contribution in [2.24, 2.45) is 4.99 Å². The third-order valence-electron chi connectivity index (χ3n) is 4.13. The first-order chi connectivity index (χ1) is 13.1. The molecule has 1 atom stereocenters. The Morgan fingerprint density at radius 2 is 1.85 bits per heavy atom. The third-order valence-corrected chi connectivity index (χ3v) is 4.13. The highest BCUT2D eigenvalue weighted by atomic mass is 16.8. The summed E-state index contributed by atoms with van der Waals surface area (Å²) in [6.45, 7) is 0. The highest BCUT2D eigenvalue weighted by Gasteiger charge is 2.19. The Kier molecular flexibility index (Phi) is 4.21. The summed E-state index contributed by atoms with van der Waals surface area (Å²) >= 11 is 0. The summed E-state index contributed by atoms with van der Waals surface area (Å²) in [5, 5.41) is 20.2. The fourth-order valence-electron chi connectivity index (χ4n) is 2.87. The van der Waals surface area contributed by atoms with E-state index in [0.717, 1.165) is 5.56 Å². The van der Waals surface area contributed by atoms with Gasteiger partial charge in [-0.3, -0.25) is 4.99 Å². The van der Waals surface area contributed by atoms with Gasteiger partial charge in [0.05, 0.1) is 24.4 Å². The molecular weight excluding hydrogens is 352 g/mol. The topological polar surface area (TPSA) is 113 Å². The van der Waals surface area contributed by atoms with Gasteiger partial charge in [-0.15, -0.1) is 0 Å². The van der Waals surface area contributed by atoms with E-state index in [2.05, 4.69) is 4.99 Å². The minimum atomic E-state index is -0.991. The maximum Gasteiger partial charge on any atom is 0.336 e. The van der Waals surface area contributed by atoms with Crippen molar-refractivity contribution >= 4 is 39.5 Å². The Balaban J connectivity index is 1.89. The number of hydrogen-bond donors (Lipinski definition) is 2. The van der Waals surface area contributed by atoms with Crippen molar-refractivity contribution < 1.29 is 24.0 Å². The van der Waals surface area contributed by atoms with Gasteiger partial charge in [0.2, 0.25) is 5.75 Å². The van der Waals surface area contributed by atoms with Gasteiger partial charge < -0.3 is 18.8 Å². The van der Waals surface area contributed by atoms with Crippen molar-refractivity contribution in [3.05, 3.63) is 69.9 Å². The predicted molar refractivity (Wildman–Crippen MR) is 98.3 cm³/mol. The zero-order valence-corrected chi connectivity index (χ0v) is 14.1. The van der Waals surface area contributed by atoms with Crippen LogP contribution >= 0.6 is 0 Å². The maximum absolute atomic E-state index is 11.7. The molecule has 2 heterocycles. The normalized spacial score (nSPS) is 12.9. The number of benzene rings is 2. The van der Waals surface area contributed by atoms with Gasteiger partial charge in [0.1, 0.15) is 0 Å². The summed E-state index contributed by atoms with van der Waals surface area (Å²) in [6, 6.07) is 11.0. The highest BCUT2D eigenvalue weighted by Crippen LogP contribution is 2.42. The molecule has 0 fully saturated rings. The lowest BCUT2D eigenvalue weighted by atomic mass is 10.1. The molecule has 2 N–H and O–H groups in total. The summed E-state index contributed by atoms with van der Waals surface area (Å²) in [5.74, 6) is 0.326. The smallest absolute Gasteiger partial charge is 0.336 e. The van der Waals surface area contributed by atoms with Crippen molar-refractivity contribution in [3.63, 3.8) is 0 Å². The minimum absolute atomic E-state index is 0.195. The molecular formula is C19H14N2O6. The SMILES string of the molecule is COc1c2occc2c(N=Cc2ccc([NH+]([O-])O)cc2)c2ccc(=O)oc12. The molecule has 2 aromatic heterocycles. The number of aliphatic imine (C=N–C) groups is 1. The summed E-state index contributed by atoms with van der Waals surface area (Å²) in [7, 11) is 1.47. The molecule has 0 radical (unpaired) electrons. The quantitative estimate of drug-likeness (QED) is 0.326. The van der Waals surface area contributed by atoms with Gasteiger partial charge in [-0.1, -0.05) is 0 Å². The van der Waals surface area contributed by atoms with E-state index in [9.17, 15) is 10.0 Å². The molecule has 0 bridgehead atoms. The van der Waals surface area contributed by atoms with Gasteiger partial charge in [0, 0.05) is 29.8 Å². The average Bonchev–Trinajstić information content (AvgIpc) is 3.14. The molecule has 136 valence electrons. The van der Waals surface area contributed by atoms with Gasteiger partial charge in [-0.2, -0.15) is 5.23 Å². The Morgan fingerprint density at radius 1 is 1.11 bits per heavy atom. The first-order valence-corrected chi connectivity index (χ1v) is 7.97. The lowest BCUT2D eigenvalue weighted by Gasteiger charge is -2.10. The second kappa shape index (κ2) is 6.69. The number of quaternary nitrogens is 1. The van der Waals surface area contributed by atoms with Gasteiger partial charge in [0.15, 0.2) is 16.9 Å². The molecule has 2 aromatic carbocycles. The van der Waals surface area contributed by atoms with Gasteiger partial charge in [-0.05, 0) is 29.8 Å². The van der Waals surface area contributed by atoms with Gasteiger partial charge >= 0.3 is 5.63 Å². The fraction of sp³-hybridized carbons (Fsp3) is 0.0526. The first-order valence-electron chi connectivity index (χ1n) is 7.97. The van der Waals surface area contributed by atoms with Gasteiger partial charge in [-0.25, -0.2) is 10.0 Å². The molecule has 8 heteroatoms. The Bertz CT molecular complexity index is 1200. The van der Waals surface area contributed by atoms with E-state index in [0.29, 0.717) is 27.8 Å². The van der Waals surface area contributed by atoms with E-state index in [1.54, 1.807) is 30.5 Å². The molecule has 4 aromatic rings. The van der Waals surface area contributed by atoms with Crippen LogP contribution in [0.1, 0.15) is 5.56 Å². The van der Waals surface area contributed by atoms with E-state index < -0.39 is 10.9 Å². The average molecular weight is 366 g/mol. The zero-order chi connectivity index (χ0) is 19.0. The van der Waals surface area contributed by atoms with Crippen LogP contribution in [0.3, 0.4) is 0 Å². The lowest BCUT2D eigenvalue weighted by Crippen LogP contribution is -2.99. The summed E-state index contributed by atoms with van der Waals surface area (Å²) in [5.41, 5.74) is 1.64. The van der Waals surface area contributed by atoms with Crippen molar-refractivity contribution in [2.45, 2.75) is 0 Å². The van der Waals surface area contributed by atoms with Crippen molar-refractivity contribution in [3.8, 4) is 5.75 Å². The van der Waals surface area contributed by atoms with Crippen LogP contribution in [0.2, 0.25) is 0 Å². The maximum atomic E-state index is 11.7. The molecule has 0 spiro atoms. The van der Waals surface area contributed by atoms with E-state index in [1.807, 2.05) is 0 Å². The number of nitrogens with one attached hydrogen (secondary N) is 1. The number of methoxy groups -OCH3 is 1. The van der Waals surface area contributed by atoms with Crippen LogP contribution in [-0.2, 0) is 0 Å². The molecule has 0 aliphatic rings. The van der Waals surface area contributed by atoms with Crippen molar-refractivity contribution in [1.82, 2.24) is 0 Å².